The largest absolute Gasteiger partial charge is 0.336 e. The van der Waals surface area contributed by atoms with E-state index in [9.17, 15) is 19.7 Å². The minimum atomic E-state index is -0.473. The lowest BCUT2D eigenvalue weighted by atomic mass is 10.1. The fraction of sp³-hybridized carbons (Fsp3) is 0.364. The topological polar surface area (TPSA) is 95.8 Å². The van der Waals surface area contributed by atoms with Gasteiger partial charge in [-0.25, -0.2) is 0 Å². The molecule has 0 spiro atoms. The molecule has 1 aliphatic rings. The standard InChI is InChI=1S/C22H26N4O4/c1-15-7-8-18(13-19(15)26(29)30)22(28)25-11-9-24(10-12-25)14-20(27)23-21-16(2)5-4-6-17(21)3/h4-8,13H,9-12,14H2,1-3H3,(H,23,27). The molecule has 0 aliphatic carbocycles. The van der Waals surface area contributed by atoms with Crippen LogP contribution in [0.2, 0.25) is 0 Å². The molecule has 2 aromatic carbocycles. The summed E-state index contributed by atoms with van der Waals surface area (Å²) < 4.78 is 0. The Balaban J connectivity index is 1.56. The van der Waals surface area contributed by atoms with Gasteiger partial charge in [0.1, 0.15) is 0 Å². The maximum Gasteiger partial charge on any atom is 0.273 e. The molecule has 1 heterocycles. The first kappa shape index (κ1) is 21.4. The molecule has 8 nitrogen and oxygen atoms in total. The Kier molecular flexibility index (Phi) is 6.47. The second-order valence-electron chi connectivity index (χ2n) is 7.64. The van der Waals surface area contributed by atoms with Crippen molar-refractivity contribution in [2.24, 2.45) is 0 Å². The van der Waals surface area contributed by atoms with E-state index < -0.39 is 4.92 Å². The summed E-state index contributed by atoms with van der Waals surface area (Å²) in [6.07, 6.45) is 0. The minimum Gasteiger partial charge on any atom is -0.336 e. The van der Waals surface area contributed by atoms with Gasteiger partial charge in [0, 0.05) is 49.1 Å². The molecule has 0 atom stereocenters. The molecule has 1 N–H and O–H groups in total. The number of piperazine rings is 1. The van der Waals surface area contributed by atoms with Crippen molar-refractivity contribution in [3.63, 3.8) is 0 Å². The van der Waals surface area contributed by atoms with E-state index in [2.05, 4.69) is 5.32 Å². The second-order valence-corrected chi connectivity index (χ2v) is 7.64. The van der Waals surface area contributed by atoms with E-state index in [1.54, 1.807) is 24.0 Å². The SMILES string of the molecule is Cc1ccc(C(=O)N2CCN(CC(=O)Nc3c(C)cccc3C)CC2)cc1[N+](=O)[O-]. The van der Waals surface area contributed by atoms with Gasteiger partial charge in [-0.2, -0.15) is 0 Å². The van der Waals surface area contributed by atoms with Crippen molar-refractivity contribution in [1.29, 1.82) is 0 Å². The lowest BCUT2D eigenvalue weighted by Gasteiger charge is -2.34. The number of anilines is 1. The Morgan fingerprint density at radius 3 is 2.23 bits per heavy atom. The van der Waals surface area contributed by atoms with Crippen LogP contribution in [0, 0.1) is 30.9 Å². The number of carbonyl (C=O) groups is 2. The summed E-state index contributed by atoms with van der Waals surface area (Å²) in [7, 11) is 0. The molecule has 0 aromatic heterocycles. The summed E-state index contributed by atoms with van der Waals surface area (Å²) in [6, 6.07) is 10.4. The molecule has 1 fully saturated rings. The van der Waals surface area contributed by atoms with Gasteiger partial charge < -0.3 is 10.2 Å². The van der Waals surface area contributed by atoms with E-state index in [1.165, 1.54) is 6.07 Å². The number of benzene rings is 2. The maximum atomic E-state index is 12.7. The number of carbonyl (C=O) groups excluding carboxylic acids is 2. The van der Waals surface area contributed by atoms with Crippen LogP contribution in [0.4, 0.5) is 11.4 Å². The molecule has 3 rings (SSSR count). The van der Waals surface area contributed by atoms with Gasteiger partial charge in [0.05, 0.1) is 11.5 Å². The number of aryl methyl sites for hydroxylation is 3. The number of nitro groups is 1. The molecular formula is C22H26N4O4. The number of nitrogens with one attached hydrogen (secondary N) is 1. The van der Waals surface area contributed by atoms with Crippen LogP contribution in [0.25, 0.3) is 0 Å². The molecule has 0 radical (unpaired) electrons. The zero-order valence-electron chi connectivity index (χ0n) is 17.5. The second kappa shape index (κ2) is 9.04. The van der Waals surface area contributed by atoms with Gasteiger partial charge in [-0.1, -0.05) is 24.3 Å². The quantitative estimate of drug-likeness (QED) is 0.604. The van der Waals surface area contributed by atoms with Crippen LogP contribution in [-0.4, -0.2) is 59.3 Å². The summed E-state index contributed by atoms with van der Waals surface area (Å²) in [5, 5.41) is 14.1. The van der Waals surface area contributed by atoms with Crippen LogP contribution in [0.1, 0.15) is 27.0 Å². The Bertz CT molecular complexity index is 961. The first-order chi connectivity index (χ1) is 14.3. The summed E-state index contributed by atoms with van der Waals surface area (Å²) >= 11 is 0. The van der Waals surface area contributed by atoms with Crippen LogP contribution < -0.4 is 5.32 Å². The lowest BCUT2D eigenvalue weighted by Crippen LogP contribution is -2.50. The average molecular weight is 410 g/mol. The minimum absolute atomic E-state index is 0.0531. The van der Waals surface area contributed by atoms with Crippen LogP contribution in [0.5, 0.6) is 0 Å². The molecule has 0 saturated carbocycles. The zero-order chi connectivity index (χ0) is 21.8. The fourth-order valence-electron chi connectivity index (χ4n) is 3.62. The highest BCUT2D eigenvalue weighted by molar-refractivity contribution is 5.95. The van der Waals surface area contributed by atoms with Gasteiger partial charge in [-0.15, -0.1) is 0 Å². The van der Waals surface area contributed by atoms with E-state index in [1.807, 2.05) is 36.9 Å². The van der Waals surface area contributed by atoms with Crippen molar-refractivity contribution in [1.82, 2.24) is 9.80 Å². The lowest BCUT2D eigenvalue weighted by molar-refractivity contribution is -0.385. The molecule has 2 aromatic rings. The van der Waals surface area contributed by atoms with Gasteiger partial charge in [0.25, 0.3) is 11.6 Å². The highest BCUT2D eigenvalue weighted by atomic mass is 16.6. The molecule has 8 heteroatoms. The number of para-hydroxylation sites is 1. The predicted molar refractivity (Wildman–Crippen MR) is 115 cm³/mol. The van der Waals surface area contributed by atoms with E-state index >= 15 is 0 Å². The number of nitro benzene ring substituents is 1. The highest BCUT2D eigenvalue weighted by Gasteiger charge is 2.25. The summed E-state index contributed by atoms with van der Waals surface area (Å²) in [4.78, 5) is 39.5. The molecule has 1 saturated heterocycles. The third kappa shape index (κ3) is 4.83. The van der Waals surface area contributed by atoms with Gasteiger partial charge >= 0.3 is 0 Å². The predicted octanol–water partition coefficient (Wildman–Crippen LogP) is 2.92. The van der Waals surface area contributed by atoms with E-state index in [-0.39, 0.29) is 24.0 Å². The molecule has 30 heavy (non-hydrogen) atoms. The van der Waals surface area contributed by atoms with Crippen molar-refractivity contribution < 1.29 is 14.5 Å². The number of amides is 2. The molecule has 0 bridgehead atoms. The third-order valence-electron chi connectivity index (χ3n) is 5.43. The number of hydrogen-bond donors (Lipinski definition) is 1. The Morgan fingerprint density at radius 1 is 1.00 bits per heavy atom. The van der Waals surface area contributed by atoms with Crippen molar-refractivity contribution in [2.45, 2.75) is 20.8 Å². The summed E-state index contributed by atoms with van der Waals surface area (Å²) in [6.45, 7) is 7.90. The van der Waals surface area contributed by atoms with E-state index in [0.717, 1.165) is 16.8 Å². The van der Waals surface area contributed by atoms with Crippen LogP contribution >= 0.6 is 0 Å². The molecule has 1 aliphatic heterocycles. The Morgan fingerprint density at radius 2 is 1.63 bits per heavy atom. The van der Waals surface area contributed by atoms with Crippen molar-refractivity contribution in [3.05, 3.63) is 68.8 Å². The average Bonchev–Trinajstić information content (AvgIpc) is 2.71. The van der Waals surface area contributed by atoms with Crippen molar-refractivity contribution >= 4 is 23.2 Å². The molecule has 158 valence electrons. The van der Waals surface area contributed by atoms with Crippen LogP contribution in [0.15, 0.2) is 36.4 Å². The third-order valence-corrected chi connectivity index (χ3v) is 5.43. The number of nitrogens with zero attached hydrogens (tertiary/aromatic N) is 3. The molecular weight excluding hydrogens is 384 g/mol. The van der Waals surface area contributed by atoms with Crippen LogP contribution in [-0.2, 0) is 4.79 Å². The van der Waals surface area contributed by atoms with Crippen molar-refractivity contribution in [3.8, 4) is 0 Å². The summed E-state index contributed by atoms with van der Waals surface area (Å²) in [5.74, 6) is -0.306. The van der Waals surface area contributed by atoms with Crippen LogP contribution in [0.3, 0.4) is 0 Å². The number of rotatable bonds is 5. The Labute approximate surface area is 175 Å². The smallest absolute Gasteiger partial charge is 0.273 e. The van der Waals surface area contributed by atoms with Gasteiger partial charge in [0.15, 0.2) is 0 Å². The maximum absolute atomic E-state index is 12.7. The van der Waals surface area contributed by atoms with Gasteiger partial charge in [0.2, 0.25) is 5.91 Å². The first-order valence-electron chi connectivity index (χ1n) is 9.89. The normalized spacial score (nSPS) is 14.4. The first-order valence-corrected chi connectivity index (χ1v) is 9.89. The van der Waals surface area contributed by atoms with Gasteiger partial charge in [-0.05, 0) is 38.0 Å². The fourth-order valence-corrected chi connectivity index (χ4v) is 3.62. The molecule has 0 unspecified atom stereocenters. The van der Waals surface area contributed by atoms with Gasteiger partial charge in [-0.3, -0.25) is 24.6 Å². The Hall–Kier alpha value is -3.26. The number of hydrogen-bond acceptors (Lipinski definition) is 5. The molecule has 2 amide bonds. The monoisotopic (exact) mass is 410 g/mol. The van der Waals surface area contributed by atoms with E-state index in [4.69, 9.17) is 0 Å². The highest BCUT2D eigenvalue weighted by Crippen LogP contribution is 2.21. The zero-order valence-corrected chi connectivity index (χ0v) is 17.5. The summed E-state index contributed by atoms with van der Waals surface area (Å²) in [5.41, 5.74) is 3.67. The van der Waals surface area contributed by atoms with E-state index in [0.29, 0.717) is 37.3 Å². The van der Waals surface area contributed by atoms with Crippen molar-refractivity contribution in [2.75, 3.05) is 38.0 Å².